The molecule has 1 aliphatic heterocycles. The van der Waals surface area contributed by atoms with Crippen molar-refractivity contribution in [3.05, 3.63) is 34.6 Å². The van der Waals surface area contributed by atoms with Crippen molar-refractivity contribution in [2.75, 3.05) is 5.75 Å². The first kappa shape index (κ1) is 19.0. The van der Waals surface area contributed by atoms with E-state index in [1.54, 1.807) is 10.6 Å². The predicted octanol–water partition coefficient (Wildman–Crippen LogP) is 3.86. The summed E-state index contributed by atoms with van der Waals surface area (Å²) in [5.41, 5.74) is 0.643. The van der Waals surface area contributed by atoms with E-state index in [1.165, 1.54) is 18.2 Å². The maximum Gasteiger partial charge on any atom is 0.262 e. The molecule has 2 atom stereocenters. The molecule has 1 amide bonds. The van der Waals surface area contributed by atoms with E-state index in [-0.39, 0.29) is 29.6 Å². The zero-order chi connectivity index (χ0) is 18.8. The molecule has 2 heterocycles. The Morgan fingerprint density at radius 2 is 1.88 bits per heavy atom. The molecule has 0 N–H and O–H groups in total. The number of amides is 1. The van der Waals surface area contributed by atoms with Gasteiger partial charge in [-0.2, -0.15) is 0 Å². The smallest absolute Gasteiger partial charge is 0.262 e. The van der Waals surface area contributed by atoms with Crippen LogP contribution in [0, 0.1) is 0 Å². The van der Waals surface area contributed by atoms with Crippen LogP contribution in [0.3, 0.4) is 0 Å². The summed E-state index contributed by atoms with van der Waals surface area (Å²) >= 11 is 1.37. The number of carbonyl (C=O) groups excluding carboxylic acids is 1. The van der Waals surface area contributed by atoms with Gasteiger partial charge >= 0.3 is 0 Å². The second kappa shape index (κ2) is 7.82. The molecule has 1 aliphatic rings. The molecule has 0 saturated carbocycles. The SMILES string of the molecule is CC(C)n1c(SCC(=O)N2[C@@H](C)CCC[C@@H]2C)nc2ccccc2c1=O. The third kappa shape index (κ3) is 3.65. The fourth-order valence-electron chi connectivity index (χ4n) is 3.80. The summed E-state index contributed by atoms with van der Waals surface area (Å²) in [6, 6.07) is 7.94. The summed E-state index contributed by atoms with van der Waals surface area (Å²) < 4.78 is 1.70. The minimum absolute atomic E-state index is 0.00922. The number of nitrogens with zero attached hydrogens (tertiary/aromatic N) is 3. The van der Waals surface area contributed by atoms with Gasteiger partial charge in [-0.25, -0.2) is 4.98 Å². The Hall–Kier alpha value is -1.82. The second-order valence-electron chi connectivity index (χ2n) is 7.40. The lowest BCUT2D eigenvalue weighted by Gasteiger charge is -2.39. The lowest BCUT2D eigenvalue weighted by molar-refractivity contribution is -0.134. The molecule has 0 spiro atoms. The van der Waals surface area contributed by atoms with Gasteiger partial charge in [0.05, 0.1) is 16.7 Å². The van der Waals surface area contributed by atoms with E-state index >= 15 is 0 Å². The molecule has 0 unspecified atom stereocenters. The summed E-state index contributed by atoms with van der Waals surface area (Å²) in [4.78, 5) is 32.3. The highest BCUT2D eigenvalue weighted by molar-refractivity contribution is 7.99. The van der Waals surface area contributed by atoms with E-state index in [0.29, 0.717) is 21.8 Å². The van der Waals surface area contributed by atoms with Gasteiger partial charge in [-0.3, -0.25) is 14.2 Å². The monoisotopic (exact) mass is 373 g/mol. The van der Waals surface area contributed by atoms with Crippen LogP contribution >= 0.6 is 11.8 Å². The Morgan fingerprint density at radius 1 is 1.23 bits per heavy atom. The largest absolute Gasteiger partial charge is 0.337 e. The lowest BCUT2D eigenvalue weighted by Crippen LogP contribution is -2.48. The van der Waals surface area contributed by atoms with Crippen molar-refractivity contribution < 1.29 is 4.79 Å². The summed E-state index contributed by atoms with van der Waals surface area (Å²) in [6.45, 7) is 8.18. The molecule has 1 fully saturated rings. The van der Waals surface area contributed by atoms with E-state index in [1.807, 2.05) is 36.9 Å². The van der Waals surface area contributed by atoms with Crippen molar-refractivity contribution in [2.45, 2.75) is 70.2 Å². The molecule has 0 radical (unpaired) electrons. The maximum absolute atomic E-state index is 12.9. The van der Waals surface area contributed by atoms with Gasteiger partial charge in [0.1, 0.15) is 0 Å². The molecule has 140 valence electrons. The van der Waals surface area contributed by atoms with E-state index in [4.69, 9.17) is 0 Å². The molecular formula is C20H27N3O2S. The average molecular weight is 374 g/mol. The van der Waals surface area contributed by atoms with Gasteiger partial charge in [-0.15, -0.1) is 0 Å². The molecule has 1 aromatic carbocycles. The molecule has 2 aromatic rings. The summed E-state index contributed by atoms with van der Waals surface area (Å²) in [7, 11) is 0. The second-order valence-corrected chi connectivity index (χ2v) is 8.34. The summed E-state index contributed by atoms with van der Waals surface area (Å²) in [6.07, 6.45) is 3.30. The van der Waals surface area contributed by atoms with Crippen LogP contribution < -0.4 is 5.56 Å². The normalized spacial score (nSPS) is 20.7. The van der Waals surface area contributed by atoms with E-state index < -0.39 is 0 Å². The Kier molecular flexibility index (Phi) is 5.70. The van der Waals surface area contributed by atoms with E-state index in [9.17, 15) is 9.59 Å². The number of fused-ring (bicyclic) bond motifs is 1. The Bertz CT molecular complexity index is 852. The number of para-hydroxylation sites is 1. The third-order valence-corrected chi connectivity index (χ3v) is 6.04. The van der Waals surface area contributed by atoms with Crippen LogP contribution in [-0.4, -0.2) is 38.2 Å². The highest BCUT2D eigenvalue weighted by atomic mass is 32.2. The van der Waals surface area contributed by atoms with Crippen molar-refractivity contribution >= 4 is 28.6 Å². The number of aromatic nitrogens is 2. The zero-order valence-electron chi connectivity index (χ0n) is 15.9. The van der Waals surface area contributed by atoms with E-state index in [2.05, 4.69) is 18.8 Å². The van der Waals surface area contributed by atoms with Gasteiger partial charge < -0.3 is 4.90 Å². The van der Waals surface area contributed by atoms with Crippen LogP contribution in [0.4, 0.5) is 0 Å². The van der Waals surface area contributed by atoms with Crippen LogP contribution in [0.15, 0.2) is 34.2 Å². The number of rotatable bonds is 4. The fraction of sp³-hybridized carbons (Fsp3) is 0.550. The maximum atomic E-state index is 12.9. The molecule has 3 rings (SSSR count). The molecule has 1 saturated heterocycles. The van der Waals surface area contributed by atoms with Crippen molar-refractivity contribution in [1.82, 2.24) is 14.5 Å². The predicted molar refractivity (Wildman–Crippen MR) is 107 cm³/mol. The zero-order valence-corrected chi connectivity index (χ0v) is 16.8. The Morgan fingerprint density at radius 3 is 2.54 bits per heavy atom. The summed E-state index contributed by atoms with van der Waals surface area (Å²) in [5, 5.41) is 1.24. The molecule has 0 bridgehead atoms. The van der Waals surface area contributed by atoms with Crippen molar-refractivity contribution in [2.24, 2.45) is 0 Å². The van der Waals surface area contributed by atoms with Gasteiger partial charge in [-0.1, -0.05) is 23.9 Å². The first-order valence-electron chi connectivity index (χ1n) is 9.35. The number of carbonyl (C=O) groups is 1. The van der Waals surface area contributed by atoms with Crippen LogP contribution in [0.5, 0.6) is 0 Å². The Labute approximate surface area is 158 Å². The molecular weight excluding hydrogens is 346 g/mol. The minimum Gasteiger partial charge on any atom is -0.337 e. The van der Waals surface area contributed by atoms with Crippen LogP contribution in [0.25, 0.3) is 10.9 Å². The number of thioether (sulfide) groups is 1. The van der Waals surface area contributed by atoms with E-state index in [0.717, 1.165) is 12.8 Å². The molecule has 6 heteroatoms. The Balaban J connectivity index is 1.87. The van der Waals surface area contributed by atoms with Crippen LogP contribution in [0.2, 0.25) is 0 Å². The van der Waals surface area contributed by atoms with Crippen LogP contribution in [0.1, 0.15) is 53.0 Å². The van der Waals surface area contributed by atoms with Crippen molar-refractivity contribution in [3.63, 3.8) is 0 Å². The van der Waals surface area contributed by atoms with Crippen molar-refractivity contribution in [3.8, 4) is 0 Å². The standard InChI is InChI=1S/C20H27N3O2S/c1-13(2)22-19(25)16-10-5-6-11-17(16)21-20(22)26-12-18(24)23-14(3)8-7-9-15(23)4/h5-6,10-11,13-15H,7-9,12H2,1-4H3/t14-,15-/m0/s1. The highest BCUT2D eigenvalue weighted by Crippen LogP contribution is 2.26. The van der Waals surface area contributed by atoms with Gasteiger partial charge in [-0.05, 0) is 59.1 Å². The molecule has 5 nitrogen and oxygen atoms in total. The number of hydrogen-bond acceptors (Lipinski definition) is 4. The minimum atomic E-state index is -0.0414. The fourth-order valence-corrected chi connectivity index (χ4v) is 4.79. The number of piperidine rings is 1. The quantitative estimate of drug-likeness (QED) is 0.603. The topological polar surface area (TPSA) is 55.2 Å². The first-order valence-corrected chi connectivity index (χ1v) is 10.3. The average Bonchev–Trinajstić information content (AvgIpc) is 2.59. The van der Waals surface area contributed by atoms with Gasteiger partial charge in [0, 0.05) is 18.1 Å². The lowest BCUT2D eigenvalue weighted by atomic mass is 9.98. The van der Waals surface area contributed by atoms with Crippen molar-refractivity contribution in [1.29, 1.82) is 0 Å². The summed E-state index contributed by atoms with van der Waals surface area (Å²) in [5.74, 6) is 0.444. The van der Waals surface area contributed by atoms with Gasteiger partial charge in [0.2, 0.25) is 5.91 Å². The van der Waals surface area contributed by atoms with Gasteiger partial charge in [0.25, 0.3) is 5.56 Å². The van der Waals surface area contributed by atoms with Crippen LogP contribution in [-0.2, 0) is 4.79 Å². The molecule has 1 aromatic heterocycles. The first-order chi connectivity index (χ1) is 12.4. The van der Waals surface area contributed by atoms with Gasteiger partial charge in [0.15, 0.2) is 5.16 Å². The molecule has 26 heavy (non-hydrogen) atoms. The number of benzene rings is 1. The third-order valence-electron chi connectivity index (χ3n) is 5.10. The molecule has 0 aliphatic carbocycles. The number of hydrogen-bond donors (Lipinski definition) is 0. The number of likely N-dealkylation sites (tertiary alicyclic amines) is 1. The highest BCUT2D eigenvalue weighted by Gasteiger charge is 2.29.